The van der Waals surface area contributed by atoms with Crippen molar-refractivity contribution in [1.82, 2.24) is 4.90 Å². The van der Waals surface area contributed by atoms with Gasteiger partial charge >= 0.3 is 5.97 Å². The average molecular weight is 315 g/mol. The molecule has 2 rings (SSSR count). The van der Waals surface area contributed by atoms with Gasteiger partial charge in [-0.1, -0.05) is 0 Å². The number of aliphatic hydroxyl groups is 1. The first-order chi connectivity index (χ1) is 9.65. The van der Waals surface area contributed by atoms with E-state index in [1.807, 2.05) is 12.5 Å². The van der Waals surface area contributed by atoms with Crippen molar-refractivity contribution in [3.05, 3.63) is 10.6 Å². The highest BCUT2D eigenvalue weighted by atomic mass is 32.3. The Morgan fingerprint density at radius 1 is 1.52 bits per heavy atom. The number of hydrogen-bond donors (Lipinski definition) is 4. The Balaban J connectivity index is 2.51. The van der Waals surface area contributed by atoms with E-state index >= 15 is 0 Å². The fourth-order valence-electron chi connectivity index (χ4n) is 3.07. The standard InChI is InChI=1S/C13H21N3O4S/c1-6(17)7-9-8(15)11(21(2,3)5-4-14)10(13(19)20)16(9)12(7)18/h6-7,9,15,17H,4-5,14H2,1-3H3,(H,19,20)/t6-,7-,9-/m1/s1. The number of β-lactam (4-membered cyclic amide) rings is 1. The van der Waals surface area contributed by atoms with Crippen LogP contribution in [0.2, 0.25) is 0 Å². The van der Waals surface area contributed by atoms with E-state index in [9.17, 15) is 19.8 Å². The summed E-state index contributed by atoms with van der Waals surface area (Å²) in [7, 11) is -1.58. The van der Waals surface area contributed by atoms with Crippen LogP contribution in [-0.2, 0) is 9.59 Å². The Morgan fingerprint density at radius 2 is 2.10 bits per heavy atom. The van der Waals surface area contributed by atoms with Gasteiger partial charge in [-0.25, -0.2) is 14.8 Å². The van der Waals surface area contributed by atoms with Crippen molar-refractivity contribution in [3.8, 4) is 0 Å². The molecule has 2 aliphatic rings. The first-order valence-corrected chi connectivity index (χ1v) is 9.25. The van der Waals surface area contributed by atoms with Crippen molar-refractivity contribution >= 4 is 27.6 Å². The number of carbonyl (C=O) groups excluding carboxylic acids is 1. The molecule has 0 aliphatic carbocycles. The molecule has 1 amide bonds. The van der Waals surface area contributed by atoms with Gasteiger partial charge in [0.2, 0.25) is 5.91 Å². The van der Waals surface area contributed by atoms with Crippen LogP contribution in [0.5, 0.6) is 0 Å². The lowest BCUT2D eigenvalue weighted by atomic mass is 9.82. The normalized spacial score (nSPS) is 27.6. The number of rotatable bonds is 5. The maximum Gasteiger partial charge on any atom is 0.353 e. The zero-order chi connectivity index (χ0) is 16.1. The van der Waals surface area contributed by atoms with Crippen molar-refractivity contribution in [3.63, 3.8) is 0 Å². The fraction of sp³-hybridized carbons (Fsp3) is 0.615. The minimum atomic E-state index is -1.58. The predicted octanol–water partition coefficient (Wildman–Crippen LogP) is -0.453. The van der Waals surface area contributed by atoms with Crippen LogP contribution in [0.25, 0.3) is 0 Å². The van der Waals surface area contributed by atoms with Gasteiger partial charge in [0.15, 0.2) is 0 Å². The molecule has 2 aliphatic heterocycles. The van der Waals surface area contributed by atoms with Gasteiger partial charge in [0.25, 0.3) is 0 Å². The first kappa shape index (κ1) is 16.0. The van der Waals surface area contributed by atoms with Crippen molar-refractivity contribution in [2.24, 2.45) is 11.7 Å². The van der Waals surface area contributed by atoms with Gasteiger partial charge in [0, 0.05) is 11.4 Å². The van der Waals surface area contributed by atoms with Crippen LogP contribution in [0.4, 0.5) is 0 Å². The number of amides is 1. The van der Waals surface area contributed by atoms with Crippen LogP contribution in [0.1, 0.15) is 6.92 Å². The maximum absolute atomic E-state index is 12.1. The third-order valence-electron chi connectivity index (χ3n) is 4.04. The van der Waals surface area contributed by atoms with Crippen LogP contribution in [0.3, 0.4) is 0 Å². The molecule has 0 saturated carbocycles. The molecule has 0 aromatic carbocycles. The van der Waals surface area contributed by atoms with Crippen LogP contribution in [0.15, 0.2) is 10.6 Å². The molecule has 1 fully saturated rings. The number of carboxylic acids is 1. The molecular formula is C13H21N3O4S. The average Bonchev–Trinajstić information content (AvgIpc) is 2.59. The third kappa shape index (κ3) is 2.18. The molecule has 0 radical (unpaired) electrons. The summed E-state index contributed by atoms with van der Waals surface area (Å²) in [5.41, 5.74) is 5.64. The predicted molar refractivity (Wildman–Crippen MR) is 81.6 cm³/mol. The summed E-state index contributed by atoms with van der Waals surface area (Å²) in [4.78, 5) is 25.3. The second kappa shape index (κ2) is 5.11. The number of hydrogen-bond acceptors (Lipinski definition) is 5. The monoisotopic (exact) mass is 315 g/mol. The number of nitrogens with zero attached hydrogens (tertiary/aromatic N) is 1. The van der Waals surface area contributed by atoms with E-state index in [-0.39, 0.29) is 11.4 Å². The maximum atomic E-state index is 12.1. The third-order valence-corrected chi connectivity index (χ3v) is 6.82. The molecule has 0 aromatic heterocycles. The van der Waals surface area contributed by atoms with Gasteiger partial charge in [-0.2, -0.15) is 0 Å². The second-order valence-electron chi connectivity index (χ2n) is 5.85. The highest BCUT2D eigenvalue weighted by Gasteiger charge is 2.60. The summed E-state index contributed by atoms with van der Waals surface area (Å²) in [6.07, 6.45) is 2.90. The Morgan fingerprint density at radius 3 is 2.52 bits per heavy atom. The molecule has 0 unspecified atom stereocenters. The molecule has 0 bridgehead atoms. The molecule has 8 heteroatoms. The van der Waals surface area contributed by atoms with Gasteiger partial charge in [-0.15, -0.1) is 0 Å². The highest BCUT2D eigenvalue weighted by Crippen LogP contribution is 2.56. The summed E-state index contributed by atoms with van der Waals surface area (Å²) in [5, 5.41) is 27.5. The molecular weight excluding hydrogens is 294 g/mol. The van der Waals surface area contributed by atoms with E-state index in [0.29, 0.717) is 17.2 Å². The van der Waals surface area contributed by atoms with Crippen molar-refractivity contribution in [2.45, 2.75) is 19.1 Å². The van der Waals surface area contributed by atoms with E-state index < -0.39 is 40.0 Å². The molecule has 21 heavy (non-hydrogen) atoms. The second-order valence-corrected chi connectivity index (χ2v) is 9.74. The number of aliphatic hydroxyl groups excluding tert-OH is 1. The molecule has 1 saturated heterocycles. The minimum Gasteiger partial charge on any atom is -0.477 e. The minimum absolute atomic E-state index is 0.0969. The molecule has 5 N–H and O–H groups in total. The van der Waals surface area contributed by atoms with Gasteiger partial charge in [-0.3, -0.25) is 9.69 Å². The summed E-state index contributed by atoms with van der Waals surface area (Å²) in [5.74, 6) is -1.75. The van der Waals surface area contributed by atoms with Crippen LogP contribution < -0.4 is 5.73 Å². The van der Waals surface area contributed by atoms with Gasteiger partial charge in [-0.05, 0) is 25.2 Å². The van der Waals surface area contributed by atoms with Crippen LogP contribution in [-0.4, -0.2) is 69.7 Å². The molecule has 0 aromatic rings. The Kier molecular flexibility index (Phi) is 3.90. The summed E-state index contributed by atoms with van der Waals surface area (Å²) in [6.45, 7) is 1.88. The smallest absolute Gasteiger partial charge is 0.353 e. The molecule has 2 heterocycles. The molecule has 7 nitrogen and oxygen atoms in total. The van der Waals surface area contributed by atoms with Crippen molar-refractivity contribution in [2.75, 3.05) is 24.8 Å². The van der Waals surface area contributed by atoms with Gasteiger partial charge in [0.1, 0.15) is 5.70 Å². The van der Waals surface area contributed by atoms with Gasteiger partial charge < -0.3 is 21.4 Å². The van der Waals surface area contributed by atoms with E-state index in [0.717, 1.165) is 4.90 Å². The molecule has 3 atom stereocenters. The van der Waals surface area contributed by atoms with Crippen LogP contribution >= 0.6 is 10.0 Å². The number of nitrogens with two attached hydrogens (primary N) is 1. The number of aliphatic carboxylic acids is 1. The topological polar surface area (TPSA) is 128 Å². The Bertz CT molecular complexity index is 556. The van der Waals surface area contributed by atoms with E-state index in [4.69, 9.17) is 11.1 Å². The van der Waals surface area contributed by atoms with Crippen LogP contribution in [0, 0.1) is 11.3 Å². The fourth-order valence-corrected chi connectivity index (χ4v) is 5.29. The lowest BCUT2D eigenvalue weighted by molar-refractivity contribution is -0.157. The Labute approximate surface area is 124 Å². The largest absolute Gasteiger partial charge is 0.477 e. The Hall–Kier alpha value is -1.38. The lowest BCUT2D eigenvalue weighted by Gasteiger charge is -2.44. The summed E-state index contributed by atoms with van der Waals surface area (Å²) >= 11 is 0. The van der Waals surface area contributed by atoms with Gasteiger partial charge in [0.05, 0.1) is 23.8 Å². The number of fused-ring (bicyclic) bond motifs is 1. The summed E-state index contributed by atoms with van der Waals surface area (Å²) < 4.78 is 0. The number of carboxylic acid groups (broad SMARTS) is 1. The molecule has 118 valence electrons. The zero-order valence-corrected chi connectivity index (χ0v) is 13.1. The van der Waals surface area contributed by atoms with E-state index in [1.54, 1.807) is 0 Å². The quantitative estimate of drug-likeness (QED) is 0.511. The first-order valence-electron chi connectivity index (χ1n) is 6.63. The van der Waals surface area contributed by atoms with Crippen molar-refractivity contribution in [1.29, 1.82) is 5.41 Å². The zero-order valence-electron chi connectivity index (χ0n) is 12.3. The van der Waals surface area contributed by atoms with E-state index in [2.05, 4.69) is 0 Å². The van der Waals surface area contributed by atoms with E-state index in [1.165, 1.54) is 6.92 Å². The number of carbonyl (C=O) groups is 2. The molecule has 0 spiro atoms. The SMILES string of the molecule is C[C@@H](O)[C@H]1C(=O)N2C(C(=O)O)=C(S(C)(C)CCN)C(=N)[C@@H]12. The lowest BCUT2D eigenvalue weighted by Crippen LogP contribution is -2.64. The highest BCUT2D eigenvalue weighted by molar-refractivity contribution is 8.36. The number of nitrogens with one attached hydrogen (secondary N) is 1. The summed E-state index contributed by atoms with van der Waals surface area (Å²) in [6, 6.07) is -0.650. The van der Waals surface area contributed by atoms with Crippen molar-refractivity contribution < 1.29 is 19.8 Å².